The van der Waals surface area contributed by atoms with Crippen LogP contribution in [0.3, 0.4) is 0 Å². The van der Waals surface area contributed by atoms with Crippen molar-refractivity contribution in [3.05, 3.63) is 0 Å². The summed E-state index contributed by atoms with van der Waals surface area (Å²) in [6.45, 7) is 2.00. The van der Waals surface area contributed by atoms with Crippen molar-refractivity contribution in [1.29, 1.82) is 0 Å². The predicted octanol–water partition coefficient (Wildman–Crippen LogP) is 0.672. The van der Waals surface area contributed by atoms with Gasteiger partial charge in [-0.25, -0.2) is 0 Å². The summed E-state index contributed by atoms with van der Waals surface area (Å²) in [5.74, 6) is 0. The lowest BCUT2D eigenvalue weighted by Gasteiger charge is -2.21. The molecule has 0 saturated heterocycles. The fourth-order valence-corrected chi connectivity index (χ4v) is 1.16. The van der Waals surface area contributed by atoms with E-state index >= 15 is 0 Å². The van der Waals surface area contributed by atoms with E-state index in [2.05, 4.69) is 0 Å². The maximum Gasteiger partial charge on any atom is 0.0641 e. The lowest BCUT2D eigenvalue weighted by molar-refractivity contribution is 0.0229. The Morgan fingerprint density at radius 2 is 1.58 bits per heavy atom. The number of hydrogen-bond donors (Lipinski definition) is 3. The first kappa shape index (κ1) is 11.9. The Bertz CT molecular complexity index is 102. The van der Waals surface area contributed by atoms with Crippen molar-refractivity contribution in [2.24, 2.45) is 0 Å². The van der Waals surface area contributed by atoms with Gasteiger partial charge in [0.15, 0.2) is 0 Å². The molecule has 1 unspecified atom stereocenters. The molecule has 1 atom stereocenters. The van der Waals surface area contributed by atoms with E-state index in [0.717, 1.165) is 19.3 Å². The van der Waals surface area contributed by atoms with Gasteiger partial charge in [-0.05, 0) is 26.2 Å². The third kappa shape index (κ3) is 6.58. The number of rotatable bonds is 7. The summed E-state index contributed by atoms with van der Waals surface area (Å²) in [4.78, 5) is 0. The second-order valence-corrected chi connectivity index (χ2v) is 3.50. The minimum atomic E-state index is -0.732. The smallest absolute Gasteiger partial charge is 0.0641 e. The Morgan fingerprint density at radius 1 is 0.917 bits per heavy atom. The van der Waals surface area contributed by atoms with E-state index < -0.39 is 5.60 Å². The molecule has 0 bridgehead atoms. The highest BCUT2D eigenvalue weighted by atomic mass is 16.3. The molecule has 0 spiro atoms. The molecule has 3 heteroatoms. The zero-order valence-corrected chi connectivity index (χ0v) is 7.79. The zero-order valence-electron chi connectivity index (χ0n) is 7.79. The summed E-state index contributed by atoms with van der Waals surface area (Å²) in [7, 11) is 0. The first-order valence-corrected chi connectivity index (χ1v) is 4.56. The van der Waals surface area contributed by atoms with Crippen molar-refractivity contribution in [3.8, 4) is 0 Å². The molecule has 0 heterocycles. The molecule has 0 aliphatic rings. The van der Waals surface area contributed by atoms with Gasteiger partial charge in [-0.1, -0.05) is 12.8 Å². The summed E-state index contributed by atoms with van der Waals surface area (Å²) >= 11 is 0. The lowest BCUT2D eigenvalue weighted by Crippen LogP contribution is -2.25. The molecule has 3 nitrogen and oxygen atoms in total. The molecule has 0 radical (unpaired) electrons. The van der Waals surface area contributed by atoms with Crippen molar-refractivity contribution in [2.45, 2.75) is 44.6 Å². The maximum atomic E-state index is 9.59. The summed E-state index contributed by atoms with van der Waals surface area (Å²) in [5, 5.41) is 26.7. The molecular weight excluding hydrogens is 156 g/mol. The van der Waals surface area contributed by atoms with E-state index in [1.165, 1.54) is 0 Å². The second-order valence-electron chi connectivity index (χ2n) is 3.50. The molecular formula is C9H20O3. The highest BCUT2D eigenvalue weighted by molar-refractivity contribution is 4.71. The molecule has 0 aromatic heterocycles. The molecule has 0 aliphatic carbocycles. The van der Waals surface area contributed by atoms with Gasteiger partial charge in [0.2, 0.25) is 0 Å². The normalized spacial score (nSPS) is 16.0. The Labute approximate surface area is 74.0 Å². The van der Waals surface area contributed by atoms with Crippen LogP contribution in [0.1, 0.15) is 39.0 Å². The van der Waals surface area contributed by atoms with Crippen molar-refractivity contribution in [2.75, 3.05) is 13.2 Å². The van der Waals surface area contributed by atoms with Crippen molar-refractivity contribution >= 4 is 0 Å². The molecule has 0 aliphatic heterocycles. The van der Waals surface area contributed by atoms with Crippen LogP contribution in [0.25, 0.3) is 0 Å². The molecule has 0 aromatic carbocycles. The van der Waals surface area contributed by atoms with E-state index in [9.17, 15) is 5.11 Å². The fraction of sp³-hybridized carbons (Fsp3) is 1.00. The summed E-state index contributed by atoms with van der Waals surface area (Å²) < 4.78 is 0. The fourth-order valence-electron chi connectivity index (χ4n) is 1.16. The topological polar surface area (TPSA) is 60.7 Å². The first-order chi connectivity index (χ1) is 5.62. The Morgan fingerprint density at radius 3 is 2.08 bits per heavy atom. The summed E-state index contributed by atoms with van der Waals surface area (Å²) in [6.07, 6.45) is 3.79. The van der Waals surface area contributed by atoms with Crippen molar-refractivity contribution in [3.63, 3.8) is 0 Å². The van der Waals surface area contributed by atoms with E-state index in [-0.39, 0.29) is 13.2 Å². The first-order valence-electron chi connectivity index (χ1n) is 4.56. The van der Waals surface area contributed by atoms with Gasteiger partial charge < -0.3 is 15.3 Å². The third-order valence-corrected chi connectivity index (χ3v) is 2.02. The molecule has 0 rings (SSSR count). The van der Waals surface area contributed by atoms with Gasteiger partial charge in [0.05, 0.1) is 5.60 Å². The van der Waals surface area contributed by atoms with Crippen LogP contribution < -0.4 is 0 Å². The van der Waals surface area contributed by atoms with Gasteiger partial charge in [-0.3, -0.25) is 0 Å². The summed E-state index contributed by atoms with van der Waals surface area (Å²) in [6, 6.07) is 0. The number of unbranched alkanes of at least 4 members (excludes halogenated alkanes) is 2. The lowest BCUT2D eigenvalue weighted by atomic mass is 9.95. The van der Waals surface area contributed by atoms with Crippen molar-refractivity contribution in [1.82, 2.24) is 0 Å². The van der Waals surface area contributed by atoms with Crippen LogP contribution in [0.2, 0.25) is 0 Å². The third-order valence-electron chi connectivity index (χ3n) is 2.02. The van der Waals surface area contributed by atoms with Gasteiger partial charge in [-0.2, -0.15) is 0 Å². The average Bonchev–Trinajstić information content (AvgIpc) is 1.98. The van der Waals surface area contributed by atoms with Crippen LogP contribution in [0.15, 0.2) is 0 Å². The molecule has 0 saturated carbocycles. The van der Waals surface area contributed by atoms with Gasteiger partial charge in [0, 0.05) is 13.2 Å². The maximum absolute atomic E-state index is 9.59. The van der Waals surface area contributed by atoms with Crippen LogP contribution in [-0.4, -0.2) is 34.1 Å². The number of aliphatic hydroxyl groups excluding tert-OH is 2. The predicted molar refractivity (Wildman–Crippen MR) is 47.9 cm³/mol. The van der Waals surface area contributed by atoms with Gasteiger partial charge in [-0.15, -0.1) is 0 Å². The molecule has 0 fully saturated rings. The standard InChI is InChI=1S/C9H20O3/c1-9(12,6-8-11)5-3-2-4-7-10/h10-12H,2-8H2,1H3. The minimum absolute atomic E-state index is 0.0347. The second kappa shape index (κ2) is 6.40. The highest BCUT2D eigenvalue weighted by Crippen LogP contribution is 2.17. The molecule has 0 aromatic rings. The van der Waals surface area contributed by atoms with Crippen molar-refractivity contribution < 1.29 is 15.3 Å². The van der Waals surface area contributed by atoms with Crippen LogP contribution in [0, 0.1) is 0 Å². The van der Waals surface area contributed by atoms with Gasteiger partial charge in [0.1, 0.15) is 0 Å². The minimum Gasteiger partial charge on any atom is -0.396 e. The van der Waals surface area contributed by atoms with Gasteiger partial charge in [0.25, 0.3) is 0 Å². The van der Waals surface area contributed by atoms with Crippen LogP contribution >= 0.6 is 0 Å². The largest absolute Gasteiger partial charge is 0.396 e. The highest BCUT2D eigenvalue weighted by Gasteiger charge is 2.18. The quantitative estimate of drug-likeness (QED) is 0.500. The Kier molecular flexibility index (Phi) is 6.34. The monoisotopic (exact) mass is 176 g/mol. The number of hydrogen-bond acceptors (Lipinski definition) is 3. The molecule has 0 amide bonds. The van der Waals surface area contributed by atoms with Crippen LogP contribution in [-0.2, 0) is 0 Å². The van der Waals surface area contributed by atoms with E-state index in [1.54, 1.807) is 6.92 Å². The Balaban J connectivity index is 3.33. The zero-order chi connectivity index (χ0) is 9.45. The summed E-state index contributed by atoms with van der Waals surface area (Å²) in [5.41, 5.74) is -0.732. The molecule has 3 N–H and O–H groups in total. The van der Waals surface area contributed by atoms with Gasteiger partial charge >= 0.3 is 0 Å². The SMILES string of the molecule is CC(O)(CCO)CCCCCO. The molecule has 74 valence electrons. The van der Waals surface area contributed by atoms with Crippen LogP contribution in [0.4, 0.5) is 0 Å². The van der Waals surface area contributed by atoms with E-state index in [4.69, 9.17) is 10.2 Å². The van der Waals surface area contributed by atoms with Crippen LogP contribution in [0.5, 0.6) is 0 Å². The molecule has 12 heavy (non-hydrogen) atoms. The van der Waals surface area contributed by atoms with E-state index in [0.29, 0.717) is 12.8 Å². The number of aliphatic hydroxyl groups is 3. The Hall–Kier alpha value is -0.120. The average molecular weight is 176 g/mol. The van der Waals surface area contributed by atoms with E-state index in [1.807, 2.05) is 0 Å².